The normalized spacial score (nSPS) is 14.2. The maximum atomic E-state index is 13.6. The van der Waals surface area contributed by atoms with Gasteiger partial charge in [-0.25, -0.2) is 5.01 Å². The van der Waals surface area contributed by atoms with Crippen LogP contribution in [0.1, 0.15) is 45.3 Å². The second-order valence-corrected chi connectivity index (χ2v) is 11.1. The Morgan fingerprint density at radius 1 is 1.02 bits per heavy atom. The second-order valence-electron chi connectivity index (χ2n) is 10.1. The average Bonchev–Trinajstić information content (AvgIpc) is 3.66. The van der Waals surface area contributed by atoms with E-state index in [2.05, 4.69) is 15.5 Å². The lowest BCUT2D eigenvalue weighted by molar-refractivity contribution is -0.385. The van der Waals surface area contributed by atoms with Crippen LogP contribution < -0.4 is 14.8 Å². The summed E-state index contributed by atoms with van der Waals surface area (Å²) in [7, 11) is 4.95. The minimum atomic E-state index is -0.522. The van der Waals surface area contributed by atoms with E-state index in [0.717, 1.165) is 28.3 Å². The number of hydrogen-bond donors (Lipinski definition) is 1. The predicted octanol–water partition coefficient (Wildman–Crippen LogP) is 4.45. The Hall–Kier alpha value is -5.24. The van der Waals surface area contributed by atoms with Crippen LogP contribution in [-0.2, 0) is 18.4 Å². The number of nitro groups is 1. The molecule has 3 aromatic carbocycles. The highest BCUT2D eigenvalue weighted by atomic mass is 32.2. The molecule has 14 heteroatoms. The Labute approximate surface area is 263 Å². The molecule has 4 aromatic rings. The van der Waals surface area contributed by atoms with Gasteiger partial charge in [-0.1, -0.05) is 30.0 Å². The van der Waals surface area contributed by atoms with Crippen molar-refractivity contribution in [1.82, 2.24) is 25.1 Å². The lowest BCUT2D eigenvalue weighted by Crippen LogP contribution is -2.28. The summed E-state index contributed by atoms with van der Waals surface area (Å²) in [6.45, 7) is 1.57. The molecule has 232 valence electrons. The highest BCUT2D eigenvalue weighted by molar-refractivity contribution is 7.99. The van der Waals surface area contributed by atoms with E-state index < -0.39 is 10.8 Å². The molecule has 1 aliphatic rings. The molecule has 13 nitrogen and oxygen atoms in total. The Morgan fingerprint density at radius 2 is 1.69 bits per heavy atom. The molecular weight excluding hydrogens is 598 g/mol. The van der Waals surface area contributed by atoms with Crippen molar-refractivity contribution >= 4 is 35.0 Å². The van der Waals surface area contributed by atoms with E-state index in [0.29, 0.717) is 17.4 Å². The van der Waals surface area contributed by atoms with Crippen molar-refractivity contribution in [3.05, 3.63) is 105 Å². The van der Waals surface area contributed by atoms with Crippen molar-refractivity contribution in [3.63, 3.8) is 0 Å². The first-order valence-electron chi connectivity index (χ1n) is 13.9. The number of thioether (sulfide) groups is 1. The fourth-order valence-corrected chi connectivity index (χ4v) is 5.71. The van der Waals surface area contributed by atoms with Gasteiger partial charge < -0.3 is 19.4 Å². The Morgan fingerprint density at radius 3 is 2.33 bits per heavy atom. The molecule has 1 atom stereocenters. The quantitative estimate of drug-likeness (QED) is 0.144. The Bertz CT molecular complexity index is 1760. The molecule has 0 saturated heterocycles. The molecule has 0 bridgehead atoms. The summed E-state index contributed by atoms with van der Waals surface area (Å²) in [5, 5.41) is 29.1. The molecule has 0 unspecified atom stereocenters. The zero-order valence-corrected chi connectivity index (χ0v) is 25.9. The molecule has 1 aliphatic heterocycles. The fourth-order valence-electron chi connectivity index (χ4n) is 4.92. The third kappa shape index (κ3) is 6.80. The van der Waals surface area contributed by atoms with Crippen LogP contribution in [0.25, 0.3) is 0 Å². The number of carbonyl (C=O) groups is 2. The molecule has 2 amide bonds. The summed E-state index contributed by atoms with van der Waals surface area (Å²) in [4.78, 5) is 37.1. The maximum absolute atomic E-state index is 13.6. The van der Waals surface area contributed by atoms with Crippen molar-refractivity contribution < 1.29 is 24.0 Å². The molecule has 0 saturated carbocycles. The molecule has 5 rings (SSSR count). The van der Waals surface area contributed by atoms with Gasteiger partial charge in [0.15, 0.2) is 11.0 Å². The van der Waals surface area contributed by atoms with Crippen LogP contribution in [0.2, 0.25) is 0 Å². The van der Waals surface area contributed by atoms with E-state index >= 15 is 0 Å². The maximum Gasteiger partial charge on any atom is 0.273 e. The predicted molar refractivity (Wildman–Crippen MR) is 167 cm³/mol. The van der Waals surface area contributed by atoms with Gasteiger partial charge in [-0.15, -0.1) is 10.2 Å². The number of hydrogen-bond acceptors (Lipinski definition) is 10. The van der Waals surface area contributed by atoms with Gasteiger partial charge in [-0.2, -0.15) is 5.10 Å². The molecule has 0 fully saturated rings. The number of nitro benzene ring substituents is 1. The first-order chi connectivity index (χ1) is 21.7. The van der Waals surface area contributed by atoms with E-state index in [1.165, 1.54) is 41.9 Å². The number of rotatable bonds is 11. The van der Waals surface area contributed by atoms with Gasteiger partial charge in [0, 0.05) is 30.7 Å². The number of aromatic nitrogens is 3. The molecule has 0 aliphatic carbocycles. The number of hydrazone groups is 1. The molecule has 1 aromatic heterocycles. The zero-order valence-electron chi connectivity index (χ0n) is 25.1. The lowest BCUT2D eigenvalue weighted by Gasteiger charge is -2.22. The third-order valence-electron chi connectivity index (χ3n) is 7.49. The third-order valence-corrected chi connectivity index (χ3v) is 8.50. The monoisotopic (exact) mass is 629 g/mol. The van der Waals surface area contributed by atoms with Gasteiger partial charge in [0.1, 0.15) is 11.5 Å². The number of ether oxygens (including phenoxy) is 2. The van der Waals surface area contributed by atoms with Gasteiger partial charge in [-0.05, 0) is 60.5 Å². The highest BCUT2D eigenvalue weighted by Crippen LogP contribution is 2.35. The van der Waals surface area contributed by atoms with E-state index in [9.17, 15) is 19.7 Å². The van der Waals surface area contributed by atoms with Crippen LogP contribution in [0.4, 0.5) is 5.69 Å². The fraction of sp³-hybridized carbons (Fsp3) is 0.258. The topological polar surface area (TPSA) is 154 Å². The molecule has 0 spiro atoms. The van der Waals surface area contributed by atoms with E-state index in [1.807, 2.05) is 48.5 Å². The van der Waals surface area contributed by atoms with Crippen molar-refractivity contribution in [2.24, 2.45) is 12.1 Å². The lowest BCUT2D eigenvalue weighted by atomic mass is 9.98. The summed E-state index contributed by atoms with van der Waals surface area (Å²) in [5.74, 6) is 1.29. The standard InChI is InChI=1S/C31H31N7O6S/c1-19-24(6-5-7-26(19)38(41)42)30(40)32-17-28-33-34-31(36(28)2)45-18-29(39)37-27(21-10-14-23(44-4)15-11-21)16-25(35-37)20-8-12-22(43-3)13-9-20/h5-15,27H,16-18H2,1-4H3,(H,32,40)/t27-/m1/s1. The van der Waals surface area contributed by atoms with Crippen LogP contribution in [0.5, 0.6) is 11.5 Å². The van der Waals surface area contributed by atoms with Crippen LogP contribution in [0, 0.1) is 17.0 Å². The van der Waals surface area contributed by atoms with Gasteiger partial charge in [0.25, 0.3) is 17.5 Å². The van der Waals surface area contributed by atoms with E-state index in [1.54, 1.807) is 25.8 Å². The summed E-state index contributed by atoms with van der Waals surface area (Å²) in [6.07, 6.45) is 0.535. The smallest absolute Gasteiger partial charge is 0.273 e. The van der Waals surface area contributed by atoms with Gasteiger partial charge in [-0.3, -0.25) is 19.7 Å². The SMILES string of the molecule is COc1ccc(C2=NN(C(=O)CSc3nnc(CNC(=O)c4cccc([N+](=O)[O-])c4C)n3C)[C@@H](c3ccc(OC)cc3)C2)cc1. The second kappa shape index (κ2) is 13.6. The first kappa shape index (κ1) is 31.2. The molecule has 2 heterocycles. The number of nitrogens with one attached hydrogen (secondary N) is 1. The summed E-state index contributed by atoms with van der Waals surface area (Å²) >= 11 is 1.21. The van der Waals surface area contributed by atoms with Gasteiger partial charge in [0.05, 0.1) is 43.2 Å². The van der Waals surface area contributed by atoms with E-state index in [4.69, 9.17) is 14.6 Å². The zero-order chi connectivity index (χ0) is 32.1. The van der Waals surface area contributed by atoms with Crippen molar-refractivity contribution in [2.75, 3.05) is 20.0 Å². The Kier molecular flexibility index (Phi) is 9.42. The van der Waals surface area contributed by atoms with Crippen molar-refractivity contribution in [1.29, 1.82) is 0 Å². The van der Waals surface area contributed by atoms with Crippen LogP contribution in [0.15, 0.2) is 77.0 Å². The molecule has 0 radical (unpaired) electrons. The van der Waals surface area contributed by atoms with Crippen LogP contribution >= 0.6 is 11.8 Å². The first-order valence-corrected chi connectivity index (χ1v) is 14.9. The molecule has 45 heavy (non-hydrogen) atoms. The summed E-state index contributed by atoms with van der Waals surface area (Å²) < 4.78 is 12.3. The number of amides is 2. The molecule has 1 N–H and O–H groups in total. The van der Waals surface area contributed by atoms with Crippen LogP contribution in [-0.4, -0.2) is 62.2 Å². The Balaban J connectivity index is 1.27. The number of carbonyl (C=O) groups excluding carboxylic acids is 2. The van der Waals surface area contributed by atoms with Crippen molar-refractivity contribution in [2.45, 2.75) is 31.1 Å². The number of methoxy groups -OCH3 is 2. The summed E-state index contributed by atoms with van der Waals surface area (Å²) in [6, 6.07) is 19.2. The van der Waals surface area contributed by atoms with Crippen LogP contribution in [0.3, 0.4) is 0 Å². The minimum Gasteiger partial charge on any atom is -0.497 e. The number of nitrogens with zero attached hydrogens (tertiary/aromatic N) is 6. The minimum absolute atomic E-state index is 0.0418. The van der Waals surface area contributed by atoms with Gasteiger partial charge >= 0.3 is 0 Å². The highest BCUT2D eigenvalue weighted by Gasteiger charge is 2.33. The summed E-state index contributed by atoms with van der Waals surface area (Å²) in [5.41, 5.74) is 2.97. The number of benzene rings is 3. The van der Waals surface area contributed by atoms with Crippen molar-refractivity contribution in [3.8, 4) is 11.5 Å². The molecular formula is C31H31N7O6S. The average molecular weight is 630 g/mol. The largest absolute Gasteiger partial charge is 0.497 e. The van der Waals surface area contributed by atoms with E-state index in [-0.39, 0.29) is 41.1 Å². The van der Waals surface area contributed by atoms with Gasteiger partial charge in [0.2, 0.25) is 0 Å².